The maximum atomic E-state index is 12.4. The predicted molar refractivity (Wildman–Crippen MR) is 95.2 cm³/mol. The molecule has 1 aliphatic rings. The summed E-state index contributed by atoms with van der Waals surface area (Å²) < 4.78 is 11.3. The van der Waals surface area contributed by atoms with E-state index in [1.165, 1.54) is 0 Å². The molecule has 2 rings (SSSR count). The highest BCUT2D eigenvalue weighted by atomic mass is 32.2. The Morgan fingerprint density at radius 2 is 1.88 bits per heavy atom. The summed E-state index contributed by atoms with van der Waals surface area (Å²) in [5.41, 5.74) is 0.566. The van der Waals surface area contributed by atoms with Gasteiger partial charge in [-0.15, -0.1) is 0 Å². The number of anilines is 1. The zero-order valence-corrected chi connectivity index (χ0v) is 14.9. The van der Waals surface area contributed by atoms with Crippen LogP contribution in [0.4, 0.5) is 5.69 Å². The van der Waals surface area contributed by atoms with Crippen molar-refractivity contribution in [3.8, 4) is 0 Å². The van der Waals surface area contributed by atoms with Crippen LogP contribution < -0.4 is 5.32 Å². The fourth-order valence-electron chi connectivity index (χ4n) is 3.36. The first-order chi connectivity index (χ1) is 11.4. The van der Waals surface area contributed by atoms with Crippen LogP contribution in [0.2, 0.25) is 0 Å². The zero-order chi connectivity index (χ0) is 17.6. The highest BCUT2D eigenvalue weighted by molar-refractivity contribution is 7.83. The summed E-state index contributed by atoms with van der Waals surface area (Å²) in [6.45, 7) is 0. The molecule has 0 bridgehead atoms. The average Bonchev–Trinajstić information content (AvgIpc) is 2.73. The molecule has 0 aromatic heterocycles. The molecule has 1 aromatic carbocycles. The Labute approximate surface area is 145 Å². The summed E-state index contributed by atoms with van der Waals surface area (Å²) in [7, 11) is -0.948. The van der Waals surface area contributed by atoms with E-state index in [1.807, 2.05) is 6.07 Å². The van der Waals surface area contributed by atoms with Gasteiger partial charge in [-0.05, 0) is 30.5 Å². The molecule has 1 amide bonds. The smallest absolute Gasteiger partial charge is 0.310 e. The van der Waals surface area contributed by atoms with Crippen molar-refractivity contribution in [3.63, 3.8) is 0 Å². The van der Waals surface area contributed by atoms with E-state index in [2.05, 4.69) is 5.32 Å². The second kappa shape index (κ2) is 8.42. The van der Waals surface area contributed by atoms with Crippen LogP contribution in [0.3, 0.4) is 0 Å². The first-order valence-corrected chi connectivity index (χ1v) is 10.1. The average molecular weight is 351 g/mol. The normalized spacial score (nSPS) is 18.4. The van der Waals surface area contributed by atoms with E-state index in [0.717, 1.165) is 31.2 Å². The molecular weight excluding hydrogens is 326 g/mol. The van der Waals surface area contributed by atoms with Gasteiger partial charge in [-0.3, -0.25) is 13.8 Å². The minimum atomic E-state index is -0.948. The fourth-order valence-corrected chi connectivity index (χ4v) is 4.01. The summed E-state index contributed by atoms with van der Waals surface area (Å²) >= 11 is 0. The number of benzene rings is 1. The van der Waals surface area contributed by atoms with Crippen molar-refractivity contribution in [3.05, 3.63) is 29.8 Å². The maximum absolute atomic E-state index is 12.4. The molecular formula is C18H25NO4S. The number of nitrogens with one attached hydrogen (secondary N) is 1. The van der Waals surface area contributed by atoms with E-state index >= 15 is 0 Å². The molecule has 1 saturated carbocycles. The van der Waals surface area contributed by atoms with Gasteiger partial charge >= 0.3 is 5.97 Å². The molecule has 2 N–H and O–H groups in total. The third-order valence-electron chi connectivity index (χ3n) is 4.59. The summed E-state index contributed by atoms with van der Waals surface area (Å²) in [6.07, 6.45) is 6.55. The standard InChI is InChI=1S/C18H25NO4S/c1-24(23)13-14-7-6-8-15(11-14)19-16(20)12-18(17(21)22)9-4-2-3-5-10-18/h6-8,11H,2-5,9-10,12-13H2,1H3,(H,19,20)(H,21,22). The van der Waals surface area contributed by atoms with Crippen molar-refractivity contribution in [1.82, 2.24) is 0 Å². The number of carboxylic acid groups (broad SMARTS) is 1. The van der Waals surface area contributed by atoms with Gasteiger partial charge in [0.1, 0.15) is 0 Å². The SMILES string of the molecule is CS(=O)Cc1cccc(NC(=O)CC2(C(=O)O)CCCCCC2)c1. The van der Waals surface area contributed by atoms with Gasteiger partial charge in [0.25, 0.3) is 0 Å². The molecule has 0 spiro atoms. The second-order valence-corrected chi connectivity index (χ2v) is 8.08. The van der Waals surface area contributed by atoms with E-state index in [-0.39, 0.29) is 12.3 Å². The van der Waals surface area contributed by atoms with Crippen LogP contribution in [-0.4, -0.2) is 27.4 Å². The molecule has 1 fully saturated rings. The molecule has 0 saturated heterocycles. The van der Waals surface area contributed by atoms with Crippen LogP contribution >= 0.6 is 0 Å². The van der Waals surface area contributed by atoms with Crippen LogP contribution in [0.25, 0.3) is 0 Å². The Hall–Kier alpha value is -1.69. The Morgan fingerprint density at radius 3 is 2.46 bits per heavy atom. The number of hydrogen-bond acceptors (Lipinski definition) is 3. The van der Waals surface area contributed by atoms with Gasteiger partial charge in [-0.1, -0.05) is 37.8 Å². The van der Waals surface area contributed by atoms with Gasteiger partial charge in [0.05, 0.1) is 5.41 Å². The van der Waals surface area contributed by atoms with Gasteiger partial charge in [-0.2, -0.15) is 0 Å². The summed E-state index contributed by atoms with van der Waals surface area (Å²) in [5.74, 6) is -0.702. The van der Waals surface area contributed by atoms with Gasteiger partial charge in [-0.25, -0.2) is 0 Å². The molecule has 1 aromatic rings. The number of hydrogen-bond donors (Lipinski definition) is 2. The number of amides is 1. The highest BCUT2D eigenvalue weighted by Gasteiger charge is 2.40. The summed E-state index contributed by atoms with van der Waals surface area (Å²) in [4.78, 5) is 24.2. The minimum absolute atomic E-state index is 0.00622. The Morgan fingerprint density at radius 1 is 1.21 bits per heavy atom. The van der Waals surface area contributed by atoms with Crippen LogP contribution in [0.5, 0.6) is 0 Å². The van der Waals surface area contributed by atoms with Crippen LogP contribution in [-0.2, 0) is 26.1 Å². The van der Waals surface area contributed by atoms with Crippen molar-refractivity contribution >= 4 is 28.4 Å². The number of carbonyl (C=O) groups excluding carboxylic acids is 1. The minimum Gasteiger partial charge on any atom is -0.481 e. The Kier molecular flexibility index (Phi) is 6.54. The number of aliphatic carboxylic acids is 1. The van der Waals surface area contributed by atoms with Crippen molar-refractivity contribution in [2.24, 2.45) is 5.41 Å². The first kappa shape index (κ1) is 18.6. The Balaban J connectivity index is 2.05. The number of carbonyl (C=O) groups is 2. The molecule has 24 heavy (non-hydrogen) atoms. The third-order valence-corrected chi connectivity index (χ3v) is 5.33. The molecule has 1 aliphatic carbocycles. The van der Waals surface area contributed by atoms with Crippen molar-refractivity contribution in [2.75, 3.05) is 11.6 Å². The molecule has 1 atom stereocenters. The fraction of sp³-hybridized carbons (Fsp3) is 0.556. The first-order valence-electron chi connectivity index (χ1n) is 8.33. The lowest BCUT2D eigenvalue weighted by Gasteiger charge is -2.27. The topological polar surface area (TPSA) is 83.5 Å². The number of rotatable bonds is 6. The van der Waals surface area contributed by atoms with E-state index in [0.29, 0.717) is 24.3 Å². The Bertz CT molecular complexity index is 621. The monoisotopic (exact) mass is 351 g/mol. The lowest BCUT2D eigenvalue weighted by Crippen LogP contribution is -2.35. The maximum Gasteiger partial charge on any atom is 0.310 e. The van der Waals surface area contributed by atoms with Crippen molar-refractivity contribution < 1.29 is 18.9 Å². The van der Waals surface area contributed by atoms with E-state index in [1.54, 1.807) is 24.5 Å². The third kappa shape index (κ3) is 5.16. The van der Waals surface area contributed by atoms with Crippen LogP contribution in [0.1, 0.15) is 50.5 Å². The van der Waals surface area contributed by atoms with Crippen molar-refractivity contribution in [1.29, 1.82) is 0 Å². The van der Waals surface area contributed by atoms with Gasteiger partial charge < -0.3 is 10.4 Å². The predicted octanol–water partition coefficient (Wildman–Crippen LogP) is 3.32. The molecule has 0 heterocycles. The quantitative estimate of drug-likeness (QED) is 0.770. The van der Waals surface area contributed by atoms with Gasteiger partial charge in [0.2, 0.25) is 5.91 Å². The molecule has 0 aliphatic heterocycles. The summed E-state index contributed by atoms with van der Waals surface area (Å²) in [6, 6.07) is 7.22. The zero-order valence-electron chi connectivity index (χ0n) is 14.0. The molecule has 132 valence electrons. The number of carboxylic acids is 1. The van der Waals surface area contributed by atoms with Crippen molar-refractivity contribution in [2.45, 2.75) is 50.7 Å². The van der Waals surface area contributed by atoms with Gasteiger partial charge in [0.15, 0.2) is 0 Å². The second-order valence-electron chi connectivity index (χ2n) is 6.64. The largest absolute Gasteiger partial charge is 0.481 e. The van der Waals surface area contributed by atoms with E-state index < -0.39 is 22.2 Å². The van der Waals surface area contributed by atoms with E-state index in [4.69, 9.17) is 0 Å². The lowest BCUT2D eigenvalue weighted by molar-refractivity contribution is -0.152. The molecule has 0 radical (unpaired) electrons. The molecule has 5 nitrogen and oxygen atoms in total. The van der Waals surface area contributed by atoms with Gasteiger partial charge in [0, 0.05) is 34.9 Å². The molecule has 1 unspecified atom stereocenters. The van der Waals surface area contributed by atoms with E-state index in [9.17, 15) is 18.9 Å². The lowest BCUT2D eigenvalue weighted by atomic mass is 9.77. The molecule has 6 heteroatoms. The van der Waals surface area contributed by atoms with Crippen LogP contribution in [0, 0.1) is 5.41 Å². The highest BCUT2D eigenvalue weighted by Crippen LogP contribution is 2.38. The summed E-state index contributed by atoms with van der Waals surface area (Å²) in [5, 5.41) is 12.5. The van der Waals surface area contributed by atoms with Crippen LogP contribution in [0.15, 0.2) is 24.3 Å².